The SMILES string of the molecule is CC[C@H]1C[N@+]2(Cc3ccc(S(=O)(=O)Oc4ccccc4)cc3)CC[C@H]1C[C@@H]2[C@H](O)c1ccnc2ccccc12. The first-order valence-electron chi connectivity index (χ1n) is 13.8. The van der Waals surface area contributed by atoms with Gasteiger partial charge in [0.25, 0.3) is 0 Å². The topological polar surface area (TPSA) is 76.5 Å². The summed E-state index contributed by atoms with van der Waals surface area (Å²) in [6, 6.07) is 25.7. The average Bonchev–Trinajstić information content (AvgIpc) is 2.97. The van der Waals surface area contributed by atoms with Gasteiger partial charge in [-0.05, 0) is 54.3 Å². The first-order valence-corrected chi connectivity index (χ1v) is 15.3. The zero-order valence-corrected chi connectivity index (χ0v) is 23.0. The van der Waals surface area contributed by atoms with Gasteiger partial charge in [-0.15, -0.1) is 0 Å². The predicted octanol–water partition coefficient (Wildman–Crippen LogP) is 5.87. The van der Waals surface area contributed by atoms with Gasteiger partial charge in [-0.2, -0.15) is 8.42 Å². The molecule has 3 fully saturated rings. The summed E-state index contributed by atoms with van der Waals surface area (Å²) in [5.41, 5.74) is 2.92. The van der Waals surface area contributed by atoms with Gasteiger partial charge in [0, 0.05) is 35.9 Å². The molecule has 1 aromatic heterocycles. The molecular weight excluding hydrogens is 508 g/mol. The number of benzene rings is 3. The second-order valence-corrected chi connectivity index (χ2v) is 12.7. The molecule has 0 spiro atoms. The van der Waals surface area contributed by atoms with Crippen LogP contribution >= 0.6 is 0 Å². The molecule has 0 saturated carbocycles. The van der Waals surface area contributed by atoms with E-state index < -0.39 is 16.2 Å². The van der Waals surface area contributed by atoms with E-state index in [0.29, 0.717) is 17.6 Å². The van der Waals surface area contributed by atoms with Crippen LogP contribution in [0.1, 0.15) is 43.4 Å². The van der Waals surface area contributed by atoms with E-state index >= 15 is 0 Å². The lowest BCUT2D eigenvalue weighted by atomic mass is 9.70. The molecule has 1 N–H and O–H groups in total. The standard InChI is InChI=1S/C32H35N2O4S/c1-2-24-22-34(21-23-12-14-27(15-13-23)39(36,37)38-26-8-4-3-5-9-26)19-17-25(24)20-31(34)32(35)29-16-18-33-30-11-7-6-10-28(29)30/h3-16,18,24-25,31-32,35H,2,17,19-22H2,1H3/q+1/t24-,25-,31+,32+,34+/m0/s1. The molecule has 0 unspecified atom stereocenters. The van der Waals surface area contributed by atoms with Crippen LogP contribution in [0.4, 0.5) is 0 Å². The van der Waals surface area contributed by atoms with Crippen molar-refractivity contribution in [3.05, 3.63) is 102 Å². The fourth-order valence-electron chi connectivity index (χ4n) is 7.02. The van der Waals surface area contributed by atoms with Crippen molar-refractivity contribution in [3.8, 4) is 5.75 Å². The number of hydrogen-bond acceptors (Lipinski definition) is 5. The van der Waals surface area contributed by atoms with Crippen molar-refractivity contribution in [1.29, 1.82) is 0 Å². The number of aromatic nitrogens is 1. The molecule has 4 heterocycles. The highest BCUT2D eigenvalue weighted by Crippen LogP contribution is 2.48. The van der Waals surface area contributed by atoms with Crippen LogP contribution in [0, 0.1) is 11.8 Å². The van der Waals surface area contributed by atoms with E-state index in [4.69, 9.17) is 4.18 Å². The van der Waals surface area contributed by atoms with Crippen LogP contribution < -0.4 is 4.18 Å². The second kappa shape index (κ2) is 10.4. The molecule has 0 aliphatic carbocycles. The molecule has 7 heteroatoms. The molecule has 3 aromatic carbocycles. The van der Waals surface area contributed by atoms with Crippen molar-refractivity contribution in [2.75, 3.05) is 13.1 Å². The zero-order chi connectivity index (χ0) is 27.0. The number of piperidine rings is 3. The molecule has 2 bridgehead atoms. The minimum absolute atomic E-state index is 0.0715. The molecule has 39 heavy (non-hydrogen) atoms. The molecule has 5 atom stereocenters. The number of aliphatic hydroxyl groups excluding tert-OH is 1. The van der Waals surface area contributed by atoms with Crippen LogP contribution in [-0.2, 0) is 16.7 Å². The summed E-state index contributed by atoms with van der Waals surface area (Å²) in [6.45, 7) is 5.08. The summed E-state index contributed by atoms with van der Waals surface area (Å²) in [5, 5.41) is 12.9. The first-order chi connectivity index (χ1) is 18.9. The summed E-state index contributed by atoms with van der Waals surface area (Å²) in [6.07, 6.45) is 4.49. The highest BCUT2D eigenvalue weighted by atomic mass is 32.2. The Morgan fingerprint density at radius 2 is 1.74 bits per heavy atom. The van der Waals surface area contributed by atoms with Gasteiger partial charge in [-0.1, -0.05) is 55.5 Å². The summed E-state index contributed by atoms with van der Waals surface area (Å²) in [7, 11) is -3.92. The Labute approximate surface area is 230 Å². The lowest BCUT2D eigenvalue weighted by Gasteiger charge is -2.58. The number of nitrogens with zero attached hydrogens (tertiary/aromatic N) is 2. The Bertz CT molecular complexity index is 1550. The largest absolute Gasteiger partial charge is 0.382 e. The van der Waals surface area contributed by atoms with Crippen molar-refractivity contribution < 1.29 is 22.2 Å². The number of para-hydroxylation sites is 2. The zero-order valence-electron chi connectivity index (χ0n) is 22.2. The molecular formula is C32H35N2O4S+. The maximum absolute atomic E-state index is 12.9. The minimum atomic E-state index is -3.92. The molecule has 3 aliphatic heterocycles. The van der Waals surface area contributed by atoms with E-state index in [0.717, 1.165) is 65.4 Å². The third-order valence-corrected chi connectivity index (χ3v) is 10.3. The van der Waals surface area contributed by atoms with Crippen molar-refractivity contribution >= 4 is 21.0 Å². The van der Waals surface area contributed by atoms with E-state index in [1.165, 1.54) is 0 Å². The van der Waals surface area contributed by atoms with Crippen molar-refractivity contribution in [1.82, 2.24) is 4.98 Å². The van der Waals surface area contributed by atoms with E-state index in [1.54, 1.807) is 42.6 Å². The molecule has 3 saturated heterocycles. The normalized spacial score (nSPS) is 25.4. The highest BCUT2D eigenvalue weighted by Gasteiger charge is 2.54. The van der Waals surface area contributed by atoms with E-state index in [2.05, 4.69) is 11.9 Å². The van der Waals surface area contributed by atoms with Gasteiger partial charge in [0.2, 0.25) is 0 Å². The number of hydrogen-bond donors (Lipinski definition) is 1. The monoisotopic (exact) mass is 543 g/mol. The average molecular weight is 544 g/mol. The maximum atomic E-state index is 12.9. The van der Waals surface area contributed by atoms with Gasteiger partial charge in [0.05, 0.1) is 18.6 Å². The van der Waals surface area contributed by atoms with Gasteiger partial charge in [0.1, 0.15) is 29.3 Å². The highest BCUT2D eigenvalue weighted by molar-refractivity contribution is 7.87. The number of pyridine rings is 1. The summed E-state index contributed by atoms with van der Waals surface area (Å²) in [5.74, 6) is 1.56. The number of fused-ring (bicyclic) bond motifs is 4. The molecule has 6 nitrogen and oxygen atoms in total. The number of quaternary nitrogens is 1. The van der Waals surface area contributed by atoms with Crippen molar-refractivity contribution in [3.63, 3.8) is 0 Å². The molecule has 7 rings (SSSR count). The Hall–Kier alpha value is -3.26. The van der Waals surface area contributed by atoms with Crippen LogP contribution in [0.3, 0.4) is 0 Å². The van der Waals surface area contributed by atoms with Gasteiger partial charge < -0.3 is 13.8 Å². The van der Waals surface area contributed by atoms with Crippen molar-refractivity contribution in [2.45, 2.75) is 49.8 Å². The molecule has 0 radical (unpaired) electrons. The lowest BCUT2D eigenvalue weighted by Crippen LogP contribution is -2.67. The van der Waals surface area contributed by atoms with E-state index in [1.807, 2.05) is 48.5 Å². The quantitative estimate of drug-likeness (QED) is 0.222. The van der Waals surface area contributed by atoms with Crippen molar-refractivity contribution in [2.24, 2.45) is 11.8 Å². The Kier molecular flexibility index (Phi) is 6.91. The molecule has 4 aromatic rings. The first kappa shape index (κ1) is 26.0. The number of rotatable bonds is 8. The lowest BCUT2D eigenvalue weighted by molar-refractivity contribution is -0.985. The fourth-order valence-corrected chi connectivity index (χ4v) is 7.95. The number of aliphatic hydroxyl groups is 1. The van der Waals surface area contributed by atoms with Gasteiger partial charge >= 0.3 is 10.1 Å². The smallest absolute Gasteiger partial charge is 0.339 e. The van der Waals surface area contributed by atoms with E-state index in [-0.39, 0.29) is 10.9 Å². The Balaban J connectivity index is 1.29. The minimum Gasteiger partial charge on any atom is -0.382 e. The predicted molar refractivity (Wildman–Crippen MR) is 151 cm³/mol. The Morgan fingerprint density at radius 1 is 1.00 bits per heavy atom. The fraction of sp³-hybridized carbons (Fsp3) is 0.344. The van der Waals surface area contributed by atoms with Crippen LogP contribution in [0.15, 0.2) is 96.0 Å². The molecule has 3 aliphatic rings. The van der Waals surface area contributed by atoms with Crippen LogP contribution in [-0.4, -0.2) is 42.1 Å². The summed E-state index contributed by atoms with van der Waals surface area (Å²) >= 11 is 0. The molecule has 0 amide bonds. The van der Waals surface area contributed by atoms with Gasteiger partial charge in [-0.3, -0.25) is 4.98 Å². The summed E-state index contributed by atoms with van der Waals surface area (Å²) < 4.78 is 31.8. The molecule has 202 valence electrons. The summed E-state index contributed by atoms with van der Waals surface area (Å²) in [4.78, 5) is 4.64. The second-order valence-electron chi connectivity index (χ2n) is 11.2. The van der Waals surface area contributed by atoms with Crippen LogP contribution in [0.2, 0.25) is 0 Å². The third kappa shape index (κ3) is 4.95. The van der Waals surface area contributed by atoms with E-state index in [9.17, 15) is 13.5 Å². The van der Waals surface area contributed by atoms with Gasteiger partial charge in [-0.25, -0.2) is 0 Å². The Morgan fingerprint density at radius 3 is 2.51 bits per heavy atom. The third-order valence-electron chi connectivity index (χ3n) is 9.01. The van der Waals surface area contributed by atoms with Crippen LogP contribution in [0.5, 0.6) is 5.75 Å². The van der Waals surface area contributed by atoms with Gasteiger partial charge in [0.15, 0.2) is 0 Å². The van der Waals surface area contributed by atoms with Crippen LogP contribution in [0.25, 0.3) is 10.9 Å². The maximum Gasteiger partial charge on any atom is 0.339 e.